The molecule has 1 saturated heterocycles. The SMILES string of the molecule is CC.O=c1oc2cc(O)ccc2c2ccc(OC3CCNCC3)cc12. The van der Waals surface area contributed by atoms with Gasteiger partial charge in [-0.25, -0.2) is 4.79 Å². The Balaban J connectivity index is 0.000000880. The van der Waals surface area contributed by atoms with Crippen molar-refractivity contribution in [1.82, 2.24) is 5.32 Å². The summed E-state index contributed by atoms with van der Waals surface area (Å²) in [6.45, 7) is 5.91. The molecular weight excluding hydrogens is 318 g/mol. The van der Waals surface area contributed by atoms with Gasteiger partial charge in [0.1, 0.15) is 23.2 Å². The number of nitrogens with one attached hydrogen (secondary N) is 1. The number of hydrogen-bond donors (Lipinski definition) is 2. The van der Waals surface area contributed by atoms with E-state index < -0.39 is 5.63 Å². The molecule has 0 aliphatic carbocycles. The molecule has 4 rings (SSSR count). The fourth-order valence-corrected chi connectivity index (χ4v) is 3.08. The van der Waals surface area contributed by atoms with E-state index in [1.165, 1.54) is 6.07 Å². The predicted octanol–water partition coefficient (Wildman–Crippen LogP) is 3.81. The van der Waals surface area contributed by atoms with Crippen LogP contribution in [0, 0.1) is 0 Å². The average molecular weight is 341 g/mol. The second-order valence-corrected chi connectivity index (χ2v) is 5.84. The lowest BCUT2D eigenvalue weighted by Gasteiger charge is -2.23. The van der Waals surface area contributed by atoms with Crippen LogP contribution in [0.4, 0.5) is 0 Å². The topological polar surface area (TPSA) is 71.7 Å². The standard InChI is InChI=1S/C18H17NO4.C2H6/c20-11-1-3-15-14-4-2-13(22-12-5-7-19-8-6-12)10-16(14)18(21)23-17(15)9-11;1-2/h1-4,9-10,12,19-20H,5-8H2;1-2H3. The largest absolute Gasteiger partial charge is 0.508 e. The fraction of sp³-hybridized carbons (Fsp3) is 0.350. The van der Waals surface area contributed by atoms with E-state index >= 15 is 0 Å². The van der Waals surface area contributed by atoms with Crippen LogP contribution in [-0.4, -0.2) is 24.3 Å². The van der Waals surface area contributed by atoms with Crippen molar-refractivity contribution in [1.29, 1.82) is 0 Å². The summed E-state index contributed by atoms with van der Waals surface area (Å²) in [5, 5.41) is 14.9. The number of aromatic hydroxyl groups is 1. The molecule has 5 nitrogen and oxygen atoms in total. The van der Waals surface area contributed by atoms with Crippen LogP contribution < -0.4 is 15.7 Å². The second-order valence-electron chi connectivity index (χ2n) is 5.84. The first-order valence-electron chi connectivity index (χ1n) is 8.78. The lowest BCUT2D eigenvalue weighted by atomic mass is 10.1. The van der Waals surface area contributed by atoms with Gasteiger partial charge in [0.2, 0.25) is 0 Å². The monoisotopic (exact) mass is 341 g/mol. The molecule has 0 unspecified atom stereocenters. The quantitative estimate of drug-likeness (QED) is 0.548. The van der Waals surface area contributed by atoms with Crippen LogP contribution in [0.5, 0.6) is 11.5 Å². The van der Waals surface area contributed by atoms with Gasteiger partial charge in [0, 0.05) is 16.8 Å². The Labute approximate surface area is 146 Å². The molecule has 5 heteroatoms. The van der Waals surface area contributed by atoms with Crippen molar-refractivity contribution in [3.8, 4) is 11.5 Å². The van der Waals surface area contributed by atoms with Crippen molar-refractivity contribution in [3.05, 3.63) is 46.8 Å². The van der Waals surface area contributed by atoms with Crippen LogP contribution >= 0.6 is 0 Å². The van der Waals surface area contributed by atoms with Gasteiger partial charge in [-0.1, -0.05) is 13.8 Å². The van der Waals surface area contributed by atoms with Gasteiger partial charge < -0.3 is 19.6 Å². The Morgan fingerprint density at radius 1 is 1.04 bits per heavy atom. The minimum absolute atomic E-state index is 0.0749. The molecule has 2 aromatic carbocycles. The smallest absolute Gasteiger partial charge is 0.344 e. The van der Waals surface area contributed by atoms with Gasteiger partial charge in [0.25, 0.3) is 0 Å². The molecule has 3 aromatic rings. The molecule has 0 radical (unpaired) electrons. The van der Waals surface area contributed by atoms with Gasteiger partial charge in [-0.3, -0.25) is 0 Å². The molecule has 2 heterocycles. The third-order valence-corrected chi connectivity index (χ3v) is 4.26. The third kappa shape index (κ3) is 3.61. The van der Waals surface area contributed by atoms with E-state index in [-0.39, 0.29) is 11.9 Å². The highest BCUT2D eigenvalue weighted by molar-refractivity contribution is 6.04. The van der Waals surface area contributed by atoms with Gasteiger partial charge in [-0.2, -0.15) is 0 Å². The number of rotatable bonds is 2. The Morgan fingerprint density at radius 2 is 1.76 bits per heavy atom. The van der Waals surface area contributed by atoms with E-state index in [0.717, 1.165) is 36.7 Å². The summed E-state index contributed by atoms with van der Waals surface area (Å²) in [4.78, 5) is 12.2. The number of fused-ring (bicyclic) bond motifs is 3. The molecule has 0 atom stereocenters. The van der Waals surface area contributed by atoms with Crippen molar-refractivity contribution in [3.63, 3.8) is 0 Å². The highest BCUT2D eigenvalue weighted by Crippen LogP contribution is 2.28. The molecular formula is C20H23NO4. The van der Waals surface area contributed by atoms with Crippen molar-refractivity contribution in [2.24, 2.45) is 0 Å². The number of hydrogen-bond acceptors (Lipinski definition) is 5. The van der Waals surface area contributed by atoms with Crippen LogP contribution in [0.3, 0.4) is 0 Å². The minimum atomic E-state index is -0.422. The Hall–Kier alpha value is -2.53. The molecule has 1 aliphatic rings. The molecule has 132 valence electrons. The summed E-state index contributed by atoms with van der Waals surface area (Å²) in [6.07, 6.45) is 2.10. The maximum absolute atomic E-state index is 12.2. The van der Waals surface area contributed by atoms with E-state index in [0.29, 0.717) is 16.7 Å². The van der Waals surface area contributed by atoms with Crippen LogP contribution in [-0.2, 0) is 0 Å². The van der Waals surface area contributed by atoms with Crippen LogP contribution in [0.2, 0.25) is 0 Å². The first kappa shape index (κ1) is 17.3. The third-order valence-electron chi connectivity index (χ3n) is 4.26. The second kappa shape index (κ2) is 7.57. The fourth-order valence-electron chi connectivity index (χ4n) is 3.08. The molecule has 0 saturated carbocycles. The van der Waals surface area contributed by atoms with Gasteiger partial charge in [0.15, 0.2) is 0 Å². The highest BCUT2D eigenvalue weighted by atomic mass is 16.5. The zero-order valence-corrected chi connectivity index (χ0v) is 14.5. The Bertz CT molecular complexity index is 926. The van der Waals surface area contributed by atoms with Crippen LogP contribution in [0.25, 0.3) is 21.7 Å². The first-order chi connectivity index (χ1) is 12.2. The number of ether oxygens (including phenoxy) is 1. The van der Waals surface area contributed by atoms with Gasteiger partial charge in [-0.15, -0.1) is 0 Å². The predicted molar refractivity (Wildman–Crippen MR) is 99.5 cm³/mol. The van der Waals surface area contributed by atoms with Crippen LogP contribution in [0.1, 0.15) is 26.7 Å². The maximum Gasteiger partial charge on any atom is 0.344 e. The summed E-state index contributed by atoms with van der Waals surface area (Å²) >= 11 is 0. The molecule has 1 fully saturated rings. The molecule has 25 heavy (non-hydrogen) atoms. The molecule has 0 bridgehead atoms. The Kier molecular flexibility index (Phi) is 5.24. The molecule has 1 aliphatic heterocycles. The summed E-state index contributed by atoms with van der Waals surface area (Å²) in [5.41, 5.74) is -0.0385. The molecule has 1 aromatic heterocycles. The van der Waals surface area contributed by atoms with Crippen molar-refractivity contribution >= 4 is 21.7 Å². The normalized spacial score (nSPS) is 15.0. The van der Waals surface area contributed by atoms with Crippen LogP contribution in [0.15, 0.2) is 45.6 Å². The summed E-state index contributed by atoms with van der Waals surface area (Å²) in [6, 6.07) is 10.3. The van der Waals surface area contributed by atoms with E-state index in [4.69, 9.17) is 9.15 Å². The summed E-state index contributed by atoms with van der Waals surface area (Å²) in [5.74, 6) is 0.765. The minimum Gasteiger partial charge on any atom is -0.508 e. The molecule has 0 spiro atoms. The average Bonchev–Trinajstić information content (AvgIpc) is 2.64. The van der Waals surface area contributed by atoms with Crippen molar-refractivity contribution in [2.45, 2.75) is 32.8 Å². The van der Waals surface area contributed by atoms with Crippen molar-refractivity contribution < 1.29 is 14.3 Å². The Morgan fingerprint density at radius 3 is 2.52 bits per heavy atom. The van der Waals surface area contributed by atoms with E-state index in [2.05, 4.69) is 5.32 Å². The number of phenolic OH excluding ortho intramolecular Hbond substituents is 1. The van der Waals surface area contributed by atoms with Crippen molar-refractivity contribution in [2.75, 3.05) is 13.1 Å². The molecule has 0 amide bonds. The number of piperidine rings is 1. The number of phenols is 1. The van der Waals surface area contributed by atoms with Gasteiger partial charge >= 0.3 is 5.63 Å². The number of benzene rings is 2. The zero-order valence-electron chi connectivity index (χ0n) is 14.5. The van der Waals surface area contributed by atoms with E-state index in [1.807, 2.05) is 26.0 Å². The lowest BCUT2D eigenvalue weighted by molar-refractivity contribution is 0.162. The van der Waals surface area contributed by atoms with E-state index in [1.54, 1.807) is 18.2 Å². The summed E-state index contributed by atoms with van der Waals surface area (Å²) < 4.78 is 11.3. The molecule has 2 N–H and O–H groups in total. The zero-order chi connectivity index (χ0) is 17.8. The van der Waals surface area contributed by atoms with E-state index in [9.17, 15) is 9.90 Å². The highest BCUT2D eigenvalue weighted by Gasteiger charge is 2.15. The lowest BCUT2D eigenvalue weighted by Crippen LogP contribution is -2.34. The van der Waals surface area contributed by atoms with Gasteiger partial charge in [-0.05, 0) is 56.3 Å². The van der Waals surface area contributed by atoms with Gasteiger partial charge in [0.05, 0.1) is 5.39 Å². The first-order valence-corrected chi connectivity index (χ1v) is 8.78. The summed E-state index contributed by atoms with van der Waals surface area (Å²) in [7, 11) is 0. The maximum atomic E-state index is 12.2.